The number of likely N-dealkylation sites (tertiary alicyclic amines) is 1. The van der Waals surface area contributed by atoms with Gasteiger partial charge in [-0.15, -0.1) is 6.58 Å². The monoisotopic (exact) mass is 368 g/mol. The second-order valence-electron chi connectivity index (χ2n) is 7.27. The predicted molar refractivity (Wildman–Crippen MR) is 93.2 cm³/mol. The maximum Gasteiger partial charge on any atom is 0.282 e. The molecule has 2 saturated heterocycles. The molecule has 0 unspecified atom stereocenters. The molecule has 0 bridgehead atoms. The minimum absolute atomic E-state index is 0.00357. The van der Waals surface area contributed by atoms with Crippen LogP contribution in [-0.2, 0) is 11.8 Å². The van der Waals surface area contributed by atoms with Crippen LogP contribution in [0.3, 0.4) is 0 Å². The lowest BCUT2D eigenvalue weighted by atomic mass is 9.78. The maximum absolute atomic E-state index is 13.1. The smallest absolute Gasteiger partial charge is 0.282 e. The molecule has 2 aliphatic heterocycles. The van der Waals surface area contributed by atoms with Crippen LogP contribution in [0.4, 0.5) is 8.78 Å². The number of alkyl halides is 2. The van der Waals surface area contributed by atoms with Gasteiger partial charge < -0.3 is 9.64 Å². The number of carbonyl (C=O) groups is 1. The van der Waals surface area contributed by atoms with E-state index < -0.39 is 12.1 Å². The lowest BCUT2D eigenvalue weighted by Crippen LogP contribution is -2.49. The molecule has 2 aliphatic rings. The van der Waals surface area contributed by atoms with Crippen molar-refractivity contribution < 1.29 is 18.3 Å². The average Bonchev–Trinajstić information content (AvgIpc) is 2.90. The van der Waals surface area contributed by atoms with E-state index >= 15 is 0 Å². The van der Waals surface area contributed by atoms with Gasteiger partial charge in [0.05, 0.1) is 18.8 Å². The van der Waals surface area contributed by atoms with Crippen molar-refractivity contribution in [1.82, 2.24) is 19.6 Å². The summed E-state index contributed by atoms with van der Waals surface area (Å²) in [4.78, 5) is 16.7. The summed E-state index contributed by atoms with van der Waals surface area (Å²) < 4.78 is 33.4. The van der Waals surface area contributed by atoms with Crippen LogP contribution in [0.5, 0.6) is 0 Å². The van der Waals surface area contributed by atoms with E-state index in [1.807, 2.05) is 6.08 Å². The lowest BCUT2D eigenvalue weighted by Gasteiger charge is -2.42. The maximum atomic E-state index is 13.1. The van der Waals surface area contributed by atoms with Crippen molar-refractivity contribution in [2.45, 2.75) is 19.3 Å². The van der Waals surface area contributed by atoms with Crippen molar-refractivity contribution in [3.8, 4) is 0 Å². The van der Waals surface area contributed by atoms with Crippen molar-refractivity contribution in [2.75, 3.05) is 45.9 Å². The predicted octanol–water partition coefficient (Wildman–Crippen LogP) is 2.10. The fraction of sp³-hybridized carbons (Fsp3) is 0.667. The van der Waals surface area contributed by atoms with Crippen molar-refractivity contribution >= 4 is 5.91 Å². The summed E-state index contributed by atoms with van der Waals surface area (Å²) in [7, 11) is 1.55. The largest absolute Gasteiger partial charge is 0.379 e. The third-order valence-electron chi connectivity index (χ3n) is 5.31. The number of ether oxygens (including phenoxy) is 1. The molecule has 1 aromatic rings. The molecule has 26 heavy (non-hydrogen) atoms. The van der Waals surface area contributed by atoms with Crippen LogP contribution in [0.25, 0.3) is 0 Å². The first-order valence-corrected chi connectivity index (χ1v) is 8.96. The van der Waals surface area contributed by atoms with Gasteiger partial charge >= 0.3 is 0 Å². The molecule has 1 spiro atoms. The molecule has 0 aromatic carbocycles. The second kappa shape index (κ2) is 7.84. The zero-order valence-corrected chi connectivity index (χ0v) is 15.2. The van der Waals surface area contributed by atoms with Crippen molar-refractivity contribution in [3.63, 3.8) is 0 Å². The van der Waals surface area contributed by atoms with E-state index in [4.69, 9.17) is 4.74 Å². The Morgan fingerprint density at radius 2 is 2.15 bits per heavy atom. The second-order valence-corrected chi connectivity index (χ2v) is 7.27. The highest BCUT2D eigenvalue weighted by atomic mass is 19.3. The molecule has 6 nitrogen and oxygen atoms in total. The van der Waals surface area contributed by atoms with Gasteiger partial charge in [0.15, 0.2) is 0 Å². The summed E-state index contributed by atoms with van der Waals surface area (Å²) in [6.07, 6.45) is 2.13. The Labute approximate surface area is 152 Å². The number of aryl methyl sites for hydroxylation is 1. The van der Waals surface area contributed by atoms with Gasteiger partial charge in [-0.2, -0.15) is 5.10 Å². The molecule has 0 atom stereocenters. The van der Waals surface area contributed by atoms with E-state index in [0.29, 0.717) is 26.3 Å². The minimum Gasteiger partial charge on any atom is -0.379 e. The number of rotatable bonds is 4. The number of nitrogens with zero attached hydrogens (tertiary/aromatic N) is 4. The average molecular weight is 368 g/mol. The van der Waals surface area contributed by atoms with Crippen molar-refractivity contribution in [2.24, 2.45) is 12.5 Å². The van der Waals surface area contributed by atoms with E-state index in [9.17, 15) is 13.6 Å². The highest BCUT2D eigenvalue weighted by Gasteiger charge is 2.39. The number of carbonyl (C=O) groups excluding carboxylic acids is 1. The highest BCUT2D eigenvalue weighted by molar-refractivity contribution is 5.95. The molecule has 2 fully saturated rings. The van der Waals surface area contributed by atoms with E-state index in [1.165, 1.54) is 10.9 Å². The minimum atomic E-state index is -2.76. The number of aromatic nitrogens is 2. The van der Waals surface area contributed by atoms with Gasteiger partial charge in [-0.05, 0) is 12.8 Å². The van der Waals surface area contributed by atoms with Gasteiger partial charge in [0, 0.05) is 51.4 Å². The highest BCUT2D eigenvalue weighted by Crippen LogP contribution is 2.35. The summed E-state index contributed by atoms with van der Waals surface area (Å²) >= 11 is 0. The number of piperidine rings is 1. The lowest BCUT2D eigenvalue weighted by molar-refractivity contribution is 0.0152. The van der Waals surface area contributed by atoms with Crippen LogP contribution in [-0.4, -0.2) is 71.4 Å². The summed E-state index contributed by atoms with van der Waals surface area (Å²) in [5.74, 6) is -0.360. The molecule has 3 rings (SSSR count). The Morgan fingerprint density at radius 1 is 1.42 bits per heavy atom. The molecule has 1 amide bonds. The van der Waals surface area contributed by atoms with Crippen LogP contribution in [0, 0.1) is 5.41 Å². The first-order valence-electron chi connectivity index (χ1n) is 8.96. The summed E-state index contributed by atoms with van der Waals surface area (Å²) in [6.45, 7) is 8.89. The molecule has 8 heteroatoms. The van der Waals surface area contributed by atoms with Crippen LogP contribution in [0.2, 0.25) is 0 Å². The molecule has 0 N–H and O–H groups in total. The molecule has 1 aromatic heterocycles. The van der Waals surface area contributed by atoms with Gasteiger partial charge in [-0.25, -0.2) is 8.78 Å². The summed E-state index contributed by atoms with van der Waals surface area (Å²) in [5, 5.41) is 3.74. The molecule has 0 saturated carbocycles. The van der Waals surface area contributed by atoms with Crippen molar-refractivity contribution in [1.29, 1.82) is 0 Å². The summed E-state index contributed by atoms with van der Waals surface area (Å²) in [5.41, 5.74) is -0.423. The molecule has 0 radical (unpaired) electrons. The molecule has 0 aliphatic carbocycles. The van der Waals surface area contributed by atoms with Crippen LogP contribution >= 0.6 is 0 Å². The van der Waals surface area contributed by atoms with Crippen molar-refractivity contribution in [3.05, 3.63) is 30.1 Å². The molecular weight excluding hydrogens is 342 g/mol. The van der Waals surface area contributed by atoms with E-state index in [2.05, 4.69) is 16.6 Å². The zero-order valence-electron chi connectivity index (χ0n) is 15.2. The third kappa shape index (κ3) is 3.96. The van der Waals surface area contributed by atoms with E-state index in [0.717, 1.165) is 32.5 Å². The summed E-state index contributed by atoms with van der Waals surface area (Å²) in [6, 6.07) is 0. The SMILES string of the molecule is C=CCN1CCOCC2(CCN(C(=O)c3cn(C)nc3C(F)F)CC2)C1. The number of hydrogen-bond acceptors (Lipinski definition) is 4. The molecular formula is C18H26F2N4O2. The first-order chi connectivity index (χ1) is 12.4. The Kier molecular flexibility index (Phi) is 5.72. The molecule has 3 heterocycles. The quantitative estimate of drug-likeness (QED) is 0.764. The van der Waals surface area contributed by atoms with Gasteiger partial charge in [-0.3, -0.25) is 14.4 Å². The Bertz CT molecular complexity index is 654. The van der Waals surface area contributed by atoms with Gasteiger partial charge in [0.2, 0.25) is 0 Å². The normalized spacial score (nSPS) is 21.2. The van der Waals surface area contributed by atoms with Crippen LogP contribution in [0.15, 0.2) is 18.9 Å². The van der Waals surface area contributed by atoms with Crippen LogP contribution in [0.1, 0.15) is 35.3 Å². The molecule has 144 valence electrons. The Hall–Kier alpha value is -1.80. The Morgan fingerprint density at radius 3 is 2.81 bits per heavy atom. The van der Waals surface area contributed by atoms with Gasteiger partial charge in [0.25, 0.3) is 12.3 Å². The van der Waals surface area contributed by atoms with E-state index in [1.54, 1.807) is 11.9 Å². The van der Waals surface area contributed by atoms with Gasteiger partial charge in [-0.1, -0.05) is 6.08 Å². The van der Waals surface area contributed by atoms with Crippen LogP contribution < -0.4 is 0 Å². The van der Waals surface area contributed by atoms with Gasteiger partial charge in [0.1, 0.15) is 5.69 Å². The van der Waals surface area contributed by atoms with E-state index in [-0.39, 0.29) is 16.9 Å². The topological polar surface area (TPSA) is 50.6 Å². The fourth-order valence-corrected chi connectivity index (χ4v) is 3.91. The standard InChI is InChI=1S/C18H26F2N4O2/c1-3-6-23-9-10-26-13-18(12-23)4-7-24(8-5-18)17(25)14-11-22(2)21-15(14)16(19)20/h3,11,16H,1,4-10,12-13H2,2H3. The fourth-order valence-electron chi connectivity index (χ4n) is 3.91. The number of halogens is 2. The number of hydrogen-bond donors (Lipinski definition) is 0. The Balaban J connectivity index is 1.68. The number of amides is 1. The third-order valence-corrected chi connectivity index (χ3v) is 5.31. The zero-order chi connectivity index (χ0) is 18.7. The first kappa shape index (κ1) is 19.0.